The van der Waals surface area contributed by atoms with Gasteiger partial charge >= 0.3 is 6.09 Å². The van der Waals surface area contributed by atoms with E-state index >= 15 is 0 Å². The molecule has 2 amide bonds. The molecule has 4 heterocycles. The fraction of sp³-hybridized carbons (Fsp3) is 0.517. The van der Waals surface area contributed by atoms with Crippen molar-refractivity contribution in [2.75, 3.05) is 24.5 Å². The Hall–Kier alpha value is -3.37. The van der Waals surface area contributed by atoms with E-state index < -0.39 is 11.7 Å². The number of rotatable bonds is 5. The number of nitrogens with two attached hydrogens (primary N) is 1. The number of ether oxygens (including phenoxy) is 1. The molecule has 0 saturated carbocycles. The maximum atomic E-state index is 13.7. The standard InChI is InChI=1S/C29H38ClN7O3/c1-18-16-37-25(33-26(18)35-12-10-21(17-35)32-28(39)40-29(2,3)4)14-23(34-37)24-7-5-6-11-36(24)27(38)22-13-20(30)9-8-19(22)15-31/h8-9,13-14,16,21,24H,5-7,10-12,15,17,31H2,1-4H3,(H,32,39). The molecule has 5 rings (SSSR count). The molecular weight excluding hydrogens is 530 g/mol. The average Bonchev–Trinajstić information content (AvgIpc) is 3.53. The van der Waals surface area contributed by atoms with Gasteiger partial charge in [-0.2, -0.15) is 5.10 Å². The Morgan fingerprint density at radius 3 is 2.73 bits per heavy atom. The topological polar surface area (TPSA) is 118 Å². The van der Waals surface area contributed by atoms with Crippen LogP contribution < -0.4 is 16.0 Å². The lowest BCUT2D eigenvalue weighted by atomic mass is 9.97. The Kier molecular flexibility index (Phi) is 7.92. The van der Waals surface area contributed by atoms with E-state index in [0.29, 0.717) is 23.7 Å². The molecule has 0 bridgehead atoms. The molecular formula is C29H38ClN7O3. The van der Waals surface area contributed by atoms with Crippen LogP contribution in [0.2, 0.25) is 5.02 Å². The number of likely N-dealkylation sites (tertiary alicyclic amines) is 1. The van der Waals surface area contributed by atoms with Gasteiger partial charge in [0.1, 0.15) is 11.4 Å². The second kappa shape index (κ2) is 11.2. The molecule has 1 aromatic carbocycles. The van der Waals surface area contributed by atoms with Gasteiger partial charge in [-0.3, -0.25) is 4.79 Å². The summed E-state index contributed by atoms with van der Waals surface area (Å²) in [6, 6.07) is 7.09. The van der Waals surface area contributed by atoms with Crippen LogP contribution in [0.25, 0.3) is 5.65 Å². The third kappa shape index (κ3) is 6.02. The summed E-state index contributed by atoms with van der Waals surface area (Å²) in [5.41, 5.74) is 9.25. The third-order valence-corrected chi connectivity index (χ3v) is 7.70. The first kappa shape index (κ1) is 28.2. The van der Waals surface area contributed by atoms with Crippen LogP contribution in [0.1, 0.15) is 79.7 Å². The van der Waals surface area contributed by atoms with Crippen LogP contribution in [0, 0.1) is 6.92 Å². The van der Waals surface area contributed by atoms with E-state index in [-0.39, 0.29) is 24.5 Å². The molecule has 0 radical (unpaired) electrons. The van der Waals surface area contributed by atoms with Crippen LogP contribution in [-0.2, 0) is 11.3 Å². The van der Waals surface area contributed by atoms with Gasteiger partial charge in [-0.15, -0.1) is 0 Å². The van der Waals surface area contributed by atoms with Crippen molar-refractivity contribution in [2.45, 2.75) is 77.6 Å². The minimum Gasteiger partial charge on any atom is -0.444 e. The molecule has 2 atom stereocenters. The Morgan fingerprint density at radius 1 is 1.18 bits per heavy atom. The van der Waals surface area contributed by atoms with Gasteiger partial charge < -0.3 is 25.6 Å². The number of aryl methyl sites for hydroxylation is 1. The molecule has 40 heavy (non-hydrogen) atoms. The van der Waals surface area contributed by atoms with Crippen molar-refractivity contribution < 1.29 is 14.3 Å². The number of nitrogens with zero attached hydrogens (tertiary/aromatic N) is 5. The number of anilines is 1. The van der Waals surface area contributed by atoms with Crippen LogP contribution in [0.3, 0.4) is 0 Å². The maximum absolute atomic E-state index is 13.7. The maximum Gasteiger partial charge on any atom is 0.407 e. The molecule has 0 aliphatic carbocycles. The molecule has 2 saturated heterocycles. The summed E-state index contributed by atoms with van der Waals surface area (Å²) in [5.74, 6) is 0.797. The van der Waals surface area contributed by atoms with Crippen molar-refractivity contribution in [3.05, 3.63) is 57.9 Å². The molecule has 2 aliphatic heterocycles. The normalized spacial score (nSPS) is 19.8. The number of nitrogens with one attached hydrogen (secondary N) is 1. The van der Waals surface area contributed by atoms with Crippen molar-refractivity contribution >= 4 is 35.1 Å². The second-order valence-electron chi connectivity index (χ2n) is 11.7. The zero-order chi connectivity index (χ0) is 28.6. The zero-order valence-electron chi connectivity index (χ0n) is 23.6. The van der Waals surface area contributed by atoms with Gasteiger partial charge in [-0.05, 0) is 71.1 Å². The first-order valence-electron chi connectivity index (χ1n) is 13.9. The first-order valence-corrected chi connectivity index (χ1v) is 14.3. The average molecular weight is 568 g/mol. The second-order valence-corrected chi connectivity index (χ2v) is 12.1. The van der Waals surface area contributed by atoms with Crippen molar-refractivity contribution in [1.29, 1.82) is 0 Å². The van der Waals surface area contributed by atoms with E-state index in [1.54, 1.807) is 16.6 Å². The Bertz CT molecular complexity index is 1420. The summed E-state index contributed by atoms with van der Waals surface area (Å²) in [4.78, 5) is 35.0. The summed E-state index contributed by atoms with van der Waals surface area (Å²) in [6.07, 6.45) is 5.16. The summed E-state index contributed by atoms with van der Waals surface area (Å²) >= 11 is 6.24. The number of carbonyl (C=O) groups excluding carboxylic acids is 2. The molecule has 2 unspecified atom stereocenters. The van der Waals surface area contributed by atoms with Crippen LogP contribution in [-0.4, -0.2) is 62.8 Å². The number of hydrogen-bond donors (Lipinski definition) is 2. The van der Waals surface area contributed by atoms with Gasteiger partial charge in [0.05, 0.1) is 17.8 Å². The Labute approximate surface area is 239 Å². The van der Waals surface area contributed by atoms with Gasteiger partial charge in [-0.1, -0.05) is 17.7 Å². The van der Waals surface area contributed by atoms with Gasteiger partial charge in [0.15, 0.2) is 5.65 Å². The van der Waals surface area contributed by atoms with Crippen molar-refractivity contribution in [3.8, 4) is 0 Å². The minimum atomic E-state index is -0.537. The number of hydrogen-bond acceptors (Lipinski definition) is 7. The number of amides is 2. The minimum absolute atomic E-state index is 0.0144. The molecule has 214 valence electrons. The van der Waals surface area contributed by atoms with E-state index in [4.69, 9.17) is 32.2 Å². The van der Waals surface area contributed by atoms with Crippen molar-refractivity contribution in [3.63, 3.8) is 0 Å². The molecule has 2 fully saturated rings. The van der Waals surface area contributed by atoms with Crippen LogP contribution in [0.15, 0.2) is 30.5 Å². The van der Waals surface area contributed by atoms with Crippen LogP contribution >= 0.6 is 11.6 Å². The lowest BCUT2D eigenvalue weighted by Crippen LogP contribution is -2.40. The fourth-order valence-corrected chi connectivity index (χ4v) is 5.78. The highest BCUT2D eigenvalue weighted by atomic mass is 35.5. The van der Waals surface area contributed by atoms with E-state index in [0.717, 1.165) is 60.5 Å². The highest BCUT2D eigenvalue weighted by Gasteiger charge is 2.32. The smallest absolute Gasteiger partial charge is 0.407 e. The highest BCUT2D eigenvalue weighted by Crippen LogP contribution is 2.33. The highest BCUT2D eigenvalue weighted by molar-refractivity contribution is 6.31. The van der Waals surface area contributed by atoms with E-state index in [1.165, 1.54) is 0 Å². The predicted octanol–water partition coefficient (Wildman–Crippen LogP) is 4.62. The molecule has 3 N–H and O–H groups in total. The quantitative estimate of drug-likeness (QED) is 0.462. The van der Waals surface area contributed by atoms with Gasteiger partial charge in [0.25, 0.3) is 5.91 Å². The number of benzene rings is 1. The Balaban J connectivity index is 1.36. The molecule has 3 aromatic rings. The summed E-state index contributed by atoms with van der Waals surface area (Å²) in [7, 11) is 0. The number of alkyl carbamates (subject to hydrolysis) is 1. The summed E-state index contributed by atoms with van der Waals surface area (Å²) < 4.78 is 7.21. The summed E-state index contributed by atoms with van der Waals surface area (Å²) in [5, 5.41) is 8.35. The number of halogens is 1. The first-order chi connectivity index (χ1) is 19.0. The summed E-state index contributed by atoms with van der Waals surface area (Å²) in [6.45, 7) is 9.92. The fourth-order valence-electron chi connectivity index (χ4n) is 5.61. The van der Waals surface area contributed by atoms with E-state index in [1.807, 2.05) is 50.9 Å². The SMILES string of the molecule is Cc1cn2nc(C3CCCCN3C(=O)c3cc(Cl)ccc3CN)cc2nc1N1CCC(NC(=O)OC(C)(C)C)C1. The molecule has 10 nitrogen and oxygen atoms in total. The lowest BCUT2D eigenvalue weighted by Gasteiger charge is -2.35. The van der Waals surface area contributed by atoms with Gasteiger partial charge in [-0.25, -0.2) is 14.3 Å². The van der Waals surface area contributed by atoms with Crippen LogP contribution in [0.4, 0.5) is 10.6 Å². The lowest BCUT2D eigenvalue weighted by molar-refractivity contribution is 0.0508. The Morgan fingerprint density at radius 2 is 1.98 bits per heavy atom. The van der Waals surface area contributed by atoms with Crippen molar-refractivity contribution in [1.82, 2.24) is 24.8 Å². The van der Waals surface area contributed by atoms with Crippen molar-refractivity contribution in [2.24, 2.45) is 5.73 Å². The number of aromatic nitrogens is 3. The number of carbonyl (C=O) groups is 2. The molecule has 2 aliphatic rings. The molecule has 11 heteroatoms. The van der Waals surface area contributed by atoms with E-state index in [9.17, 15) is 9.59 Å². The predicted molar refractivity (Wildman–Crippen MR) is 155 cm³/mol. The zero-order valence-corrected chi connectivity index (χ0v) is 24.4. The number of fused-ring (bicyclic) bond motifs is 1. The monoisotopic (exact) mass is 567 g/mol. The van der Waals surface area contributed by atoms with Crippen LogP contribution in [0.5, 0.6) is 0 Å². The van der Waals surface area contributed by atoms with Gasteiger partial charge in [0.2, 0.25) is 0 Å². The number of piperidine rings is 1. The largest absolute Gasteiger partial charge is 0.444 e. The van der Waals surface area contributed by atoms with E-state index in [2.05, 4.69) is 10.2 Å². The molecule has 0 spiro atoms. The molecule has 2 aromatic heterocycles. The third-order valence-electron chi connectivity index (χ3n) is 7.46. The van der Waals surface area contributed by atoms with Gasteiger partial charge in [0, 0.05) is 54.6 Å².